The molecule has 0 amide bonds. The van der Waals surface area contributed by atoms with Gasteiger partial charge in [0.15, 0.2) is 11.9 Å². The van der Waals surface area contributed by atoms with Crippen molar-refractivity contribution in [1.82, 2.24) is 0 Å². The molecule has 0 aliphatic carbocycles. The quantitative estimate of drug-likeness (QED) is 0.471. The molecule has 1 unspecified atom stereocenters. The molecule has 0 radical (unpaired) electrons. The number of nitrogen functional groups attached to an aromatic ring is 1. The summed E-state index contributed by atoms with van der Waals surface area (Å²) in [6, 6.07) is 4.79. The van der Waals surface area contributed by atoms with Gasteiger partial charge < -0.3 is 15.2 Å². The Morgan fingerprint density at radius 2 is 2.00 bits per heavy atom. The molecule has 1 aromatic carbocycles. The molecule has 0 aliphatic rings. The van der Waals surface area contributed by atoms with Gasteiger partial charge in [-0.3, -0.25) is 4.79 Å². The van der Waals surface area contributed by atoms with Crippen LogP contribution < -0.4 is 10.5 Å². The maximum absolute atomic E-state index is 11.8. The number of carbonyl (C=O) groups excluding carboxylic acids is 2. The van der Waals surface area contributed by atoms with Gasteiger partial charge in [-0.1, -0.05) is 13.3 Å². The Morgan fingerprint density at radius 3 is 2.55 bits per heavy atom. The number of anilines is 1. The van der Waals surface area contributed by atoms with Crippen molar-refractivity contribution >= 4 is 17.4 Å². The van der Waals surface area contributed by atoms with Crippen molar-refractivity contribution in [1.29, 1.82) is 0 Å². The van der Waals surface area contributed by atoms with E-state index in [1.165, 1.54) is 6.92 Å². The number of ether oxygens (including phenoxy) is 2. The smallest absolute Gasteiger partial charge is 0.347 e. The van der Waals surface area contributed by atoms with E-state index in [0.717, 1.165) is 6.42 Å². The van der Waals surface area contributed by atoms with Crippen molar-refractivity contribution in [2.45, 2.75) is 39.7 Å². The second kappa shape index (κ2) is 7.53. The first-order valence-corrected chi connectivity index (χ1v) is 6.73. The highest BCUT2D eigenvalue weighted by Crippen LogP contribution is 2.24. The van der Waals surface area contributed by atoms with E-state index >= 15 is 0 Å². The monoisotopic (exact) mass is 279 g/mol. The van der Waals surface area contributed by atoms with Crippen molar-refractivity contribution in [3.63, 3.8) is 0 Å². The summed E-state index contributed by atoms with van der Waals surface area (Å²) in [7, 11) is 0. The van der Waals surface area contributed by atoms with Crippen LogP contribution in [0.5, 0.6) is 5.75 Å². The van der Waals surface area contributed by atoms with Gasteiger partial charge >= 0.3 is 5.97 Å². The third-order valence-electron chi connectivity index (χ3n) is 2.75. The number of hydrogen-bond donors (Lipinski definition) is 1. The number of Topliss-reactive ketones (excluding diaryl/α,β-unsaturated/α-hetero) is 1. The topological polar surface area (TPSA) is 78.6 Å². The Balaban J connectivity index is 2.98. The Morgan fingerprint density at radius 1 is 1.30 bits per heavy atom. The van der Waals surface area contributed by atoms with Gasteiger partial charge in [-0.2, -0.15) is 0 Å². The van der Waals surface area contributed by atoms with Crippen LogP contribution in [0.1, 0.15) is 44.0 Å². The average molecular weight is 279 g/mol. The molecule has 5 nitrogen and oxygen atoms in total. The van der Waals surface area contributed by atoms with Crippen LogP contribution in [0.3, 0.4) is 0 Å². The fraction of sp³-hybridized carbons (Fsp3) is 0.467. The highest BCUT2D eigenvalue weighted by Gasteiger charge is 2.22. The van der Waals surface area contributed by atoms with Crippen LogP contribution in [0.15, 0.2) is 18.2 Å². The lowest BCUT2D eigenvalue weighted by Crippen LogP contribution is -2.29. The van der Waals surface area contributed by atoms with E-state index < -0.39 is 12.1 Å². The van der Waals surface area contributed by atoms with Crippen molar-refractivity contribution < 1.29 is 19.1 Å². The maximum atomic E-state index is 11.8. The molecule has 2 N–H and O–H groups in total. The SMILES string of the molecule is CCCC(Oc1ccc(N)cc1C(C)=O)C(=O)OCC. The molecule has 0 spiro atoms. The Labute approximate surface area is 119 Å². The largest absolute Gasteiger partial charge is 0.478 e. The summed E-state index contributed by atoms with van der Waals surface area (Å²) in [5, 5.41) is 0. The first-order chi connectivity index (χ1) is 9.49. The lowest BCUT2D eigenvalue weighted by Gasteiger charge is -2.18. The molecule has 0 bridgehead atoms. The standard InChI is InChI=1S/C15H21NO4/c1-4-6-14(15(18)19-5-2)20-13-8-7-11(16)9-12(13)10(3)17/h7-9,14H,4-6,16H2,1-3H3. The molecule has 0 saturated heterocycles. The van der Waals surface area contributed by atoms with Gasteiger partial charge in [0.2, 0.25) is 0 Å². The summed E-state index contributed by atoms with van der Waals surface area (Å²) < 4.78 is 10.6. The number of carbonyl (C=O) groups is 2. The van der Waals surface area contributed by atoms with Crippen LogP contribution in [0.25, 0.3) is 0 Å². The zero-order chi connectivity index (χ0) is 15.1. The molecular weight excluding hydrogens is 258 g/mol. The Hall–Kier alpha value is -2.04. The number of ketones is 1. The summed E-state index contributed by atoms with van der Waals surface area (Å²) in [6.07, 6.45) is 0.593. The van der Waals surface area contributed by atoms with Crippen LogP contribution in [0, 0.1) is 0 Å². The van der Waals surface area contributed by atoms with Crippen LogP contribution in [-0.2, 0) is 9.53 Å². The molecule has 0 aliphatic heterocycles. The summed E-state index contributed by atoms with van der Waals surface area (Å²) >= 11 is 0. The molecule has 0 fully saturated rings. The minimum Gasteiger partial charge on any atom is -0.478 e. The van der Waals surface area contributed by atoms with Crippen LogP contribution in [-0.4, -0.2) is 24.5 Å². The molecular formula is C15H21NO4. The van der Waals surface area contributed by atoms with Crippen molar-refractivity contribution in [2.24, 2.45) is 0 Å². The van der Waals surface area contributed by atoms with E-state index in [-0.39, 0.29) is 5.78 Å². The third kappa shape index (κ3) is 4.26. The zero-order valence-corrected chi connectivity index (χ0v) is 12.1. The Kier molecular flexibility index (Phi) is 6.03. The number of rotatable bonds is 7. The second-order valence-corrected chi connectivity index (χ2v) is 4.46. The van der Waals surface area contributed by atoms with Crippen molar-refractivity contribution in [2.75, 3.05) is 12.3 Å². The molecule has 0 heterocycles. The molecule has 5 heteroatoms. The zero-order valence-electron chi connectivity index (χ0n) is 12.1. The molecule has 1 atom stereocenters. The van der Waals surface area contributed by atoms with E-state index in [1.54, 1.807) is 25.1 Å². The molecule has 110 valence electrons. The van der Waals surface area contributed by atoms with Crippen LogP contribution >= 0.6 is 0 Å². The number of nitrogens with two attached hydrogens (primary N) is 1. The van der Waals surface area contributed by atoms with Gasteiger partial charge in [-0.05, 0) is 38.5 Å². The van der Waals surface area contributed by atoms with Gasteiger partial charge in [0, 0.05) is 5.69 Å². The van der Waals surface area contributed by atoms with Gasteiger partial charge in [-0.25, -0.2) is 4.79 Å². The van der Waals surface area contributed by atoms with E-state index in [2.05, 4.69) is 0 Å². The van der Waals surface area contributed by atoms with Gasteiger partial charge in [0.1, 0.15) is 5.75 Å². The summed E-state index contributed by atoms with van der Waals surface area (Å²) in [5.41, 5.74) is 6.51. The predicted octanol–water partition coefficient (Wildman–Crippen LogP) is 2.58. The molecule has 20 heavy (non-hydrogen) atoms. The summed E-state index contributed by atoms with van der Waals surface area (Å²) in [5.74, 6) is -0.217. The Bertz CT molecular complexity index is 485. The van der Waals surface area contributed by atoms with Crippen molar-refractivity contribution in [3.8, 4) is 5.75 Å². The lowest BCUT2D eigenvalue weighted by atomic mass is 10.1. The van der Waals surface area contributed by atoms with Crippen molar-refractivity contribution in [3.05, 3.63) is 23.8 Å². The normalized spacial score (nSPS) is 11.8. The highest BCUT2D eigenvalue weighted by atomic mass is 16.6. The van der Waals surface area contributed by atoms with Gasteiger partial charge in [0.05, 0.1) is 12.2 Å². The average Bonchev–Trinajstić information content (AvgIpc) is 2.40. The number of hydrogen-bond acceptors (Lipinski definition) is 5. The molecule has 0 saturated carbocycles. The number of esters is 1. The minimum atomic E-state index is -0.707. The first kappa shape index (κ1) is 16.0. The summed E-state index contributed by atoms with van der Waals surface area (Å²) in [4.78, 5) is 23.4. The van der Waals surface area contributed by atoms with E-state index in [9.17, 15) is 9.59 Å². The molecule has 0 aromatic heterocycles. The van der Waals surface area contributed by atoms with E-state index in [4.69, 9.17) is 15.2 Å². The molecule has 1 aromatic rings. The van der Waals surface area contributed by atoms with Crippen LogP contribution in [0.2, 0.25) is 0 Å². The van der Waals surface area contributed by atoms with Crippen LogP contribution in [0.4, 0.5) is 5.69 Å². The minimum absolute atomic E-state index is 0.161. The first-order valence-electron chi connectivity index (χ1n) is 6.73. The van der Waals surface area contributed by atoms with Gasteiger partial charge in [0.25, 0.3) is 0 Å². The van der Waals surface area contributed by atoms with E-state index in [0.29, 0.717) is 30.0 Å². The number of benzene rings is 1. The third-order valence-corrected chi connectivity index (χ3v) is 2.75. The summed E-state index contributed by atoms with van der Waals surface area (Å²) in [6.45, 7) is 5.42. The fourth-order valence-electron chi connectivity index (χ4n) is 1.80. The fourth-order valence-corrected chi connectivity index (χ4v) is 1.80. The van der Waals surface area contributed by atoms with E-state index in [1.807, 2.05) is 6.92 Å². The molecule has 1 rings (SSSR count). The van der Waals surface area contributed by atoms with Gasteiger partial charge in [-0.15, -0.1) is 0 Å². The highest BCUT2D eigenvalue weighted by molar-refractivity contribution is 5.97. The lowest BCUT2D eigenvalue weighted by molar-refractivity contribution is -0.151. The second-order valence-electron chi connectivity index (χ2n) is 4.46. The predicted molar refractivity (Wildman–Crippen MR) is 76.8 cm³/mol. The maximum Gasteiger partial charge on any atom is 0.347 e.